The molecule has 0 N–H and O–H groups in total. The summed E-state index contributed by atoms with van der Waals surface area (Å²) in [6.07, 6.45) is 0. The van der Waals surface area contributed by atoms with Gasteiger partial charge in [0.05, 0.1) is 18.1 Å². The van der Waals surface area contributed by atoms with Gasteiger partial charge in [-0.2, -0.15) is 0 Å². The molecule has 2 aromatic rings. The molecule has 0 saturated heterocycles. The number of benzene rings is 2. The molecule has 142 valence electrons. The molecule has 0 fully saturated rings. The zero-order chi connectivity index (χ0) is 19.8. The van der Waals surface area contributed by atoms with Crippen molar-refractivity contribution in [2.45, 2.75) is 13.5 Å². The maximum atomic E-state index is 12.7. The normalized spacial score (nSPS) is 10.3. The third-order valence-electron chi connectivity index (χ3n) is 3.77. The first-order valence-electron chi connectivity index (χ1n) is 8.27. The molecule has 0 bridgehead atoms. The van der Waals surface area contributed by atoms with Gasteiger partial charge in [0.15, 0.2) is 0 Å². The Labute approximate surface area is 156 Å². The Kier molecular flexibility index (Phi) is 7.01. The number of anilines is 1. The zero-order valence-corrected chi connectivity index (χ0v) is 15.1. The van der Waals surface area contributed by atoms with Crippen molar-refractivity contribution in [3.8, 4) is 0 Å². The summed E-state index contributed by atoms with van der Waals surface area (Å²) in [5.74, 6) is -0.770. The van der Waals surface area contributed by atoms with Crippen LogP contribution < -0.4 is 4.90 Å². The van der Waals surface area contributed by atoms with Gasteiger partial charge in [0.25, 0.3) is 11.6 Å². The van der Waals surface area contributed by atoms with Crippen LogP contribution >= 0.6 is 0 Å². The predicted molar refractivity (Wildman–Crippen MR) is 98.6 cm³/mol. The predicted octanol–water partition coefficient (Wildman–Crippen LogP) is 2.95. The zero-order valence-electron chi connectivity index (χ0n) is 15.1. The van der Waals surface area contributed by atoms with Gasteiger partial charge in [-0.1, -0.05) is 18.2 Å². The van der Waals surface area contributed by atoms with Gasteiger partial charge in [-0.05, 0) is 25.1 Å². The van der Waals surface area contributed by atoms with Crippen molar-refractivity contribution < 1.29 is 24.0 Å². The standard InChI is InChI=1S/C19H20N2O6/c1-3-27-18(22)13-26-12-15-6-4-5-7-17(15)20(2)19(23)14-8-10-16(11-9-14)21(24)25/h4-11H,3,12-13H2,1-2H3. The molecule has 1 amide bonds. The molecule has 27 heavy (non-hydrogen) atoms. The minimum absolute atomic E-state index is 0.0815. The smallest absolute Gasteiger partial charge is 0.332 e. The molecular formula is C19H20N2O6. The molecule has 0 aliphatic rings. The SMILES string of the molecule is CCOC(=O)COCc1ccccc1N(C)C(=O)c1ccc([N+](=O)[O-])cc1. The van der Waals surface area contributed by atoms with Crippen molar-refractivity contribution in [2.24, 2.45) is 0 Å². The van der Waals surface area contributed by atoms with Gasteiger partial charge in [0.2, 0.25) is 0 Å². The van der Waals surface area contributed by atoms with E-state index in [1.165, 1.54) is 29.2 Å². The summed E-state index contributed by atoms with van der Waals surface area (Å²) in [5.41, 5.74) is 1.58. The maximum Gasteiger partial charge on any atom is 0.332 e. The van der Waals surface area contributed by atoms with Crippen molar-refractivity contribution in [3.63, 3.8) is 0 Å². The van der Waals surface area contributed by atoms with E-state index in [4.69, 9.17) is 9.47 Å². The second-order valence-electron chi connectivity index (χ2n) is 5.59. The molecule has 0 unspecified atom stereocenters. The van der Waals surface area contributed by atoms with E-state index in [9.17, 15) is 19.7 Å². The number of hydrogen-bond acceptors (Lipinski definition) is 6. The first-order valence-corrected chi connectivity index (χ1v) is 8.27. The molecule has 2 aromatic carbocycles. The number of rotatable bonds is 8. The summed E-state index contributed by atoms with van der Waals surface area (Å²) >= 11 is 0. The van der Waals surface area contributed by atoms with Crippen LogP contribution in [-0.4, -0.2) is 37.1 Å². The van der Waals surface area contributed by atoms with Crippen LogP contribution in [0.1, 0.15) is 22.8 Å². The lowest BCUT2D eigenvalue weighted by Gasteiger charge is -2.21. The molecular weight excluding hydrogens is 352 g/mol. The van der Waals surface area contributed by atoms with Crippen LogP contribution in [0.3, 0.4) is 0 Å². The van der Waals surface area contributed by atoms with Crippen molar-refractivity contribution in [1.82, 2.24) is 0 Å². The third kappa shape index (κ3) is 5.35. The minimum atomic E-state index is -0.520. The fraction of sp³-hybridized carbons (Fsp3) is 0.263. The van der Waals surface area contributed by atoms with Crippen LogP contribution in [0, 0.1) is 10.1 Å². The molecule has 0 radical (unpaired) electrons. The van der Waals surface area contributed by atoms with Crippen LogP contribution in [-0.2, 0) is 20.9 Å². The number of para-hydroxylation sites is 1. The quantitative estimate of drug-likeness (QED) is 0.401. The third-order valence-corrected chi connectivity index (χ3v) is 3.77. The summed E-state index contributed by atoms with van der Waals surface area (Å²) in [4.78, 5) is 35.7. The number of hydrogen-bond donors (Lipinski definition) is 0. The Morgan fingerprint density at radius 1 is 1.11 bits per heavy atom. The first-order chi connectivity index (χ1) is 12.9. The monoisotopic (exact) mass is 372 g/mol. The highest BCUT2D eigenvalue weighted by atomic mass is 16.6. The highest BCUT2D eigenvalue weighted by Gasteiger charge is 2.17. The Bertz CT molecular complexity index is 819. The largest absolute Gasteiger partial charge is 0.464 e. The number of carbonyl (C=O) groups excluding carboxylic acids is 2. The highest BCUT2D eigenvalue weighted by molar-refractivity contribution is 6.06. The Morgan fingerprint density at radius 2 is 1.78 bits per heavy atom. The van der Waals surface area contributed by atoms with Gasteiger partial charge in [0, 0.05) is 36.0 Å². The van der Waals surface area contributed by atoms with Crippen LogP contribution in [0.2, 0.25) is 0 Å². The van der Waals surface area contributed by atoms with Crippen molar-refractivity contribution in [3.05, 3.63) is 69.8 Å². The second-order valence-corrected chi connectivity index (χ2v) is 5.59. The average molecular weight is 372 g/mol. The lowest BCUT2D eigenvalue weighted by molar-refractivity contribution is -0.384. The summed E-state index contributed by atoms with van der Waals surface area (Å²) in [5, 5.41) is 10.7. The van der Waals surface area contributed by atoms with E-state index in [1.54, 1.807) is 38.2 Å². The molecule has 8 heteroatoms. The molecule has 0 atom stereocenters. The number of non-ortho nitro benzene ring substituents is 1. The Balaban J connectivity index is 2.11. The summed E-state index contributed by atoms with van der Waals surface area (Å²) in [7, 11) is 1.61. The van der Waals surface area contributed by atoms with E-state index in [1.807, 2.05) is 0 Å². The number of nitrogens with zero attached hydrogens (tertiary/aromatic N) is 2. The van der Waals surface area contributed by atoms with E-state index in [0.717, 1.165) is 5.56 Å². The molecule has 0 aromatic heterocycles. The maximum absolute atomic E-state index is 12.7. The first kappa shape index (κ1) is 20.1. The Morgan fingerprint density at radius 3 is 2.41 bits per heavy atom. The summed E-state index contributed by atoms with van der Waals surface area (Å²) < 4.78 is 10.2. The van der Waals surface area contributed by atoms with E-state index in [0.29, 0.717) is 11.3 Å². The van der Waals surface area contributed by atoms with Gasteiger partial charge < -0.3 is 14.4 Å². The van der Waals surface area contributed by atoms with Crippen molar-refractivity contribution >= 4 is 23.3 Å². The highest BCUT2D eigenvalue weighted by Crippen LogP contribution is 2.22. The second kappa shape index (κ2) is 9.44. The van der Waals surface area contributed by atoms with E-state index in [2.05, 4.69) is 0 Å². The number of carbonyl (C=O) groups is 2. The molecule has 8 nitrogen and oxygen atoms in total. The lowest BCUT2D eigenvalue weighted by Crippen LogP contribution is -2.27. The molecule has 0 aliphatic heterocycles. The topological polar surface area (TPSA) is 99.0 Å². The van der Waals surface area contributed by atoms with Crippen molar-refractivity contribution in [2.75, 3.05) is 25.2 Å². The number of ether oxygens (including phenoxy) is 2. The van der Waals surface area contributed by atoms with Gasteiger partial charge in [-0.15, -0.1) is 0 Å². The molecule has 0 saturated carbocycles. The summed E-state index contributed by atoms with van der Waals surface area (Å²) in [6.45, 7) is 1.95. The fourth-order valence-electron chi connectivity index (χ4n) is 2.44. The van der Waals surface area contributed by atoms with Crippen molar-refractivity contribution in [1.29, 1.82) is 0 Å². The van der Waals surface area contributed by atoms with Crippen LogP contribution in [0.5, 0.6) is 0 Å². The number of nitro groups is 1. The van der Waals surface area contributed by atoms with Gasteiger partial charge in [-0.25, -0.2) is 4.79 Å². The van der Waals surface area contributed by atoms with Gasteiger partial charge in [-0.3, -0.25) is 14.9 Å². The van der Waals surface area contributed by atoms with Crippen LogP contribution in [0.4, 0.5) is 11.4 Å². The molecule has 0 heterocycles. The van der Waals surface area contributed by atoms with E-state index in [-0.39, 0.29) is 31.4 Å². The fourth-order valence-corrected chi connectivity index (χ4v) is 2.44. The molecule has 0 spiro atoms. The molecule has 2 rings (SSSR count). The summed E-state index contributed by atoms with van der Waals surface area (Å²) in [6, 6.07) is 12.5. The minimum Gasteiger partial charge on any atom is -0.464 e. The number of nitro benzene ring substituents is 1. The molecule has 0 aliphatic carbocycles. The van der Waals surface area contributed by atoms with E-state index >= 15 is 0 Å². The number of amides is 1. The average Bonchev–Trinajstić information content (AvgIpc) is 2.67. The van der Waals surface area contributed by atoms with Crippen LogP contribution in [0.25, 0.3) is 0 Å². The Hall–Kier alpha value is -3.26. The lowest BCUT2D eigenvalue weighted by atomic mass is 10.1. The van der Waals surface area contributed by atoms with Crippen LogP contribution in [0.15, 0.2) is 48.5 Å². The van der Waals surface area contributed by atoms with Gasteiger partial charge >= 0.3 is 5.97 Å². The van der Waals surface area contributed by atoms with E-state index < -0.39 is 10.9 Å². The van der Waals surface area contributed by atoms with Gasteiger partial charge in [0.1, 0.15) is 6.61 Å². The number of esters is 1.